The Bertz CT molecular complexity index is 352. The Kier molecular flexibility index (Phi) is 4.74. The van der Waals surface area contributed by atoms with E-state index >= 15 is 0 Å². The SMILES string of the molecule is CCCC(N)CNc1ncccc1C(F)(F)F. The van der Waals surface area contributed by atoms with Crippen molar-refractivity contribution >= 4 is 5.82 Å². The quantitative estimate of drug-likeness (QED) is 0.841. The van der Waals surface area contributed by atoms with Crippen LogP contribution in [0.15, 0.2) is 18.3 Å². The summed E-state index contributed by atoms with van der Waals surface area (Å²) >= 11 is 0. The molecule has 1 aromatic rings. The first-order valence-electron chi connectivity index (χ1n) is 5.46. The van der Waals surface area contributed by atoms with Crippen LogP contribution < -0.4 is 11.1 Å². The van der Waals surface area contributed by atoms with Crippen LogP contribution in [0.3, 0.4) is 0 Å². The van der Waals surface area contributed by atoms with Crippen molar-refractivity contribution in [2.75, 3.05) is 11.9 Å². The van der Waals surface area contributed by atoms with Gasteiger partial charge in [0.2, 0.25) is 0 Å². The molecule has 6 heteroatoms. The standard InChI is InChI=1S/C11H16F3N3/c1-2-4-8(15)7-17-10-9(11(12,13)14)5-3-6-16-10/h3,5-6,8H,2,4,7,15H2,1H3,(H,16,17). The molecular formula is C11H16F3N3. The largest absolute Gasteiger partial charge is 0.419 e. The van der Waals surface area contributed by atoms with Gasteiger partial charge in [-0.25, -0.2) is 4.98 Å². The molecule has 1 aromatic heterocycles. The average molecular weight is 247 g/mol. The van der Waals surface area contributed by atoms with Crippen LogP contribution in [0.4, 0.5) is 19.0 Å². The highest BCUT2D eigenvalue weighted by molar-refractivity contribution is 5.45. The van der Waals surface area contributed by atoms with Crippen molar-refractivity contribution in [3.05, 3.63) is 23.9 Å². The van der Waals surface area contributed by atoms with Gasteiger partial charge in [0.1, 0.15) is 5.82 Å². The van der Waals surface area contributed by atoms with Gasteiger partial charge in [-0.05, 0) is 18.6 Å². The molecule has 1 heterocycles. The van der Waals surface area contributed by atoms with E-state index in [1.807, 2.05) is 6.92 Å². The number of hydrogen-bond donors (Lipinski definition) is 2. The fourth-order valence-electron chi connectivity index (χ4n) is 1.48. The first-order valence-corrected chi connectivity index (χ1v) is 5.46. The lowest BCUT2D eigenvalue weighted by Gasteiger charge is -2.15. The summed E-state index contributed by atoms with van der Waals surface area (Å²) in [6.45, 7) is 2.26. The fourth-order valence-corrected chi connectivity index (χ4v) is 1.48. The number of nitrogens with one attached hydrogen (secondary N) is 1. The van der Waals surface area contributed by atoms with Crippen LogP contribution in [-0.4, -0.2) is 17.6 Å². The number of pyridine rings is 1. The maximum atomic E-state index is 12.6. The Balaban J connectivity index is 2.71. The van der Waals surface area contributed by atoms with Crippen LogP contribution in [0.2, 0.25) is 0 Å². The van der Waals surface area contributed by atoms with E-state index in [9.17, 15) is 13.2 Å². The minimum Gasteiger partial charge on any atom is -0.368 e. The number of aromatic nitrogens is 1. The van der Waals surface area contributed by atoms with E-state index in [0.717, 1.165) is 18.9 Å². The Labute approximate surface area is 98.2 Å². The number of rotatable bonds is 5. The molecule has 0 radical (unpaired) electrons. The number of nitrogens with zero attached hydrogens (tertiary/aromatic N) is 1. The van der Waals surface area contributed by atoms with Gasteiger partial charge >= 0.3 is 6.18 Å². The minimum atomic E-state index is -4.40. The van der Waals surface area contributed by atoms with Crippen molar-refractivity contribution in [2.24, 2.45) is 5.73 Å². The van der Waals surface area contributed by atoms with Crippen LogP contribution >= 0.6 is 0 Å². The van der Waals surface area contributed by atoms with E-state index in [4.69, 9.17) is 5.73 Å². The molecular weight excluding hydrogens is 231 g/mol. The van der Waals surface area contributed by atoms with Crippen LogP contribution in [0.1, 0.15) is 25.3 Å². The van der Waals surface area contributed by atoms with Crippen molar-refractivity contribution < 1.29 is 13.2 Å². The molecule has 96 valence electrons. The molecule has 3 nitrogen and oxygen atoms in total. The molecule has 0 fully saturated rings. The second kappa shape index (κ2) is 5.86. The van der Waals surface area contributed by atoms with Gasteiger partial charge in [-0.15, -0.1) is 0 Å². The maximum absolute atomic E-state index is 12.6. The summed E-state index contributed by atoms with van der Waals surface area (Å²) < 4.78 is 37.8. The third-order valence-electron chi connectivity index (χ3n) is 2.30. The summed E-state index contributed by atoms with van der Waals surface area (Å²) in [4.78, 5) is 3.69. The number of hydrogen-bond acceptors (Lipinski definition) is 3. The predicted octanol–water partition coefficient (Wildman–Crippen LogP) is 2.64. The highest BCUT2D eigenvalue weighted by atomic mass is 19.4. The number of anilines is 1. The molecule has 17 heavy (non-hydrogen) atoms. The second-order valence-corrected chi connectivity index (χ2v) is 3.83. The van der Waals surface area contributed by atoms with E-state index in [1.54, 1.807) is 0 Å². The Hall–Kier alpha value is -1.30. The van der Waals surface area contributed by atoms with Crippen molar-refractivity contribution in [3.8, 4) is 0 Å². The molecule has 1 rings (SSSR count). The maximum Gasteiger partial charge on any atom is 0.419 e. The summed E-state index contributed by atoms with van der Waals surface area (Å²) in [5.74, 6) is -0.161. The van der Waals surface area contributed by atoms with Crippen LogP contribution in [-0.2, 0) is 6.18 Å². The van der Waals surface area contributed by atoms with E-state index in [2.05, 4.69) is 10.3 Å². The first-order chi connectivity index (χ1) is 7.95. The summed E-state index contributed by atoms with van der Waals surface area (Å²) in [6, 6.07) is 2.10. The van der Waals surface area contributed by atoms with Crippen molar-refractivity contribution in [1.29, 1.82) is 0 Å². The van der Waals surface area contributed by atoms with E-state index in [1.165, 1.54) is 12.3 Å². The number of halogens is 3. The molecule has 0 amide bonds. The second-order valence-electron chi connectivity index (χ2n) is 3.83. The molecule has 0 saturated carbocycles. The number of alkyl halides is 3. The van der Waals surface area contributed by atoms with Gasteiger partial charge in [0.25, 0.3) is 0 Å². The zero-order valence-corrected chi connectivity index (χ0v) is 9.59. The van der Waals surface area contributed by atoms with Crippen LogP contribution in [0.25, 0.3) is 0 Å². The lowest BCUT2D eigenvalue weighted by atomic mass is 10.2. The van der Waals surface area contributed by atoms with Gasteiger partial charge in [-0.1, -0.05) is 13.3 Å². The van der Waals surface area contributed by atoms with Crippen molar-refractivity contribution in [1.82, 2.24) is 4.98 Å². The molecule has 1 atom stereocenters. The average Bonchev–Trinajstić information content (AvgIpc) is 2.26. The Morgan fingerprint density at radius 1 is 1.47 bits per heavy atom. The van der Waals surface area contributed by atoms with Crippen LogP contribution in [0.5, 0.6) is 0 Å². The highest BCUT2D eigenvalue weighted by Crippen LogP contribution is 2.33. The molecule has 3 N–H and O–H groups in total. The highest BCUT2D eigenvalue weighted by Gasteiger charge is 2.33. The molecule has 0 aliphatic rings. The lowest BCUT2D eigenvalue weighted by Crippen LogP contribution is -2.29. The Morgan fingerprint density at radius 2 is 2.18 bits per heavy atom. The molecule has 0 spiro atoms. The number of nitrogens with two attached hydrogens (primary N) is 1. The normalized spacial score (nSPS) is 13.5. The minimum absolute atomic E-state index is 0.161. The van der Waals surface area contributed by atoms with Crippen LogP contribution in [0, 0.1) is 0 Å². The van der Waals surface area contributed by atoms with Gasteiger partial charge in [0.15, 0.2) is 0 Å². The topological polar surface area (TPSA) is 50.9 Å². The lowest BCUT2D eigenvalue weighted by molar-refractivity contribution is -0.137. The molecule has 0 saturated heterocycles. The zero-order chi connectivity index (χ0) is 12.9. The first kappa shape index (κ1) is 13.8. The van der Waals surface area contributed by atoms with Gasteiger partial charge in [0, 0.05) is 18.8 Å². The third kappa shape index (κ3) is 4.22. The smallest absolute Gasteiger partial charge is 0.368 e. The monoisotopic (exact) mass is 247 g/mol. The fraction of sp³-hybridized carbons (Fsp3) is 0.545. The van der Waals surface area contributed by atoms with Crippen molar-refractivity contribution in [2.45, 2.75) is 32.0 Å². The molecule has 0 aliphatic carbocycles. The predicted molar refractivity (Wildman–Crippen MR) is 60.6 cm³/mol. The van der Waals surface area contributed by atoms with E-state index in [0.29, 0.717) is 0 Å². The summed E-state index contributed by atoms with van der Waals surface area (Å²) in [5.41, 5.74) is 4.96. The summed E-state index contributed by atoms with van der Waals surface area (Å²) in [5, 5.41) is 2.65. The molecule has 0 aliphatic heterocycles. The van der Waals surface area contributed by atoms with Crippen molar-refractivity contribution in [3.63, 3.8) is 0 Å². The zero-order valence-electron chi connectivity index (χ0n) is 9.59. The Morgan fingerprint density at radius 3 is 2.76 bits per heavy atom. The molecule has 0 bridgehead atoms. The van der Waals surface area contributed by atoms with Gasteiger partial charge < -0.3 is 11.1 Å². The third-order valence-corrected chi connectivity index (χ3v) is 2.30. The summed E-state index contributed by atoms with van der Waals surface area (Å²) in [6.07, 6.45) is -1.41. The van der Waals surface area contributed by atoms with Gasteiger partial charge in [-0.2, -0.15) is 13.2 Å². The van der Waals surface area contributed by atoms with E-state index in [-0.39, 0.29) is 18.4 Å². The van der Waals surface area contributed by atoms with Gasteiger partial charge in [-0.3, -0.25) is 0 Å². The summed E-state index contributed by atoms with van der Waals surface area (Å²) in [7, 11) is 0. The molecule has 0 aromatic carbocycles. The molecule has 1 unspecified atom stereocenters. The van der Waals surface area contributed by atoms with Gasteiger partial charge in [0.05, 0.1) is 5.56 Å². The van der Waals surface area contributed by atoms with E-state index < -0.39 is 11.7 Å².